The number of urea groups is 1. The highest BCUT2D eigenvalue weighted by Crippen LogP contribution is 2.27. The highest BCUT2D eigenvalue weighted by molar-refractivity contribution is 6.02. The van der Waals surface area contributed by atoms with Gasteiger partial charge in [0.05, 0.1) is 13.1 Å². The molecule has 0 atom stereocenters. The van der Waals surface area contributed by atoms with Gasteiger partial charge in [-0.05, 0) is 29.3 Å². The van der Waals surface area contributed by atoms with Gasteiger partial charge in [0.15, 0.2) is 11.6 Å². The van der Waals surface area contributed by atoms with E-state index in [9.17, 15) is 18.8 Å². The summed E-state index contributed by atoms with van der Waals surface area (Å²) in [7, 11) is 0. The monoisotopic (exact) mass is 438 g/mol. The van der Waals surface area contributed by atoms with Crippen LogP contribution in [-0.4, -0.2) is 70.5 Å². The number of carbonyl (C=O) groups excluding carboxylic acids is 3. The molecule has 0 spiro atoms. The van der Waals surface area contributed by atoms with Crippen LogP contribution in [0.2, 0.25) is 0 Å². The molecule has 9 nitrogen and oxygen atoms in total. The Balaban J connectivity index is 1.22. The quantitative estimate of drug-likeness (QED) is 0.776. The number of halogens is 1. The molecule has 0 bridgehead atoms. The second-order valence-electron chi connectivity index (χ2n) is 8.15. The lowest BCUT2D eigenvalue weighted by Gasteiger charge is -2.35. The Morgan fingerprint density at radius 3 is 2.56 bits per heavy atom. The van der Waals surface area contributed by atoms with Gasteiger partial charge in [-0.25, -0.2) is 24.2 Å². The van der Waals surface area contributed by atoms with Crippen molar-refractivity contribution in [3.63, 3.8) is 0 Å². The zero-order valence-corrected chi connectivity index (χ0v) is 17.5. The minimum atomic E-state index is -0.565. The number of carbonyl (C=O) groups is 3. The minimum Gasteiger partial charge on any atom is -0.352 e. The normalized spacial score (nSPS) is 19.4. The number of pyridine rings is 1. The molecule has 0 saturated carbocycles. The number of nitrogens with zero attached hydrogens (tertiary/aromatic N) is 5. The van der Waals surface area contributed by atoms with E-state index in [4.69, 9.17) is 0 Å². The predicted molar refractivity (Wildman–Crippen MR) is 113 cm³/mol. The zero-order valence-electron chi connectivity index (χ0n) is 17.5. The lowest BCUT2D eigenvalue weighted by molar-refractivity contribution is -0.123. The van der Waals surface area contributed by atoms with Crippen molar-refractivity contribution in [2.75, 3.05) is 37.6 Å². The van der Waals surface area contributed by atoms with E-state index >= 15 is 0 Å². The molecule has 32 heavy (non-hydrogen) atoms. The molecule has 0 unspecified atom stereocenters. The van der Waals surface area contributed by atoms with Gasteiger partial charge >= 0.3 is 6.03 Å². The summed E-state index contributed by atoms with van der Waals surface area (Å²) in [4.78, 5) is 44.8. The molecular formula is C22H23FN6O3. The van der Waals surface area contributed by atoms with Gasteiger partial charge in [-0.15, -0.1) is 0 Å². The maximum atomic E-state index is 14.0. The van der Waals surface area contributed by atoms with Crippen LogP contribution in [0.25, 0.3) is 0 Å². The van der Waals surface area contributed by atoms with Gasteiger partial charge in [-0.1, -0.05) is 12.1 Å². The summed E-state index contributed by atoms with van der Waals surface area (Å²) in [6.07, 6.45) is 1.77. The van der Waals surface area contributed by atoms with Crippen LogP contribution in [0.15, 0.2) is 36.5 Å². The molecule has 5 rings (SSSR count). The van der Waals surface area contributed by atoms with Crippen LogP contribution in [-0.2, 0) is 17.9 Å². The van der Waals surface area contributed by atoms with Crippen molar-refractivity contribution in [1.82, 2.24) is 25.2 Å². The third kappa shape index (κ3) is 3.77. The topological polar surface area (TPSA) is 89.1 Å². The second-order valence-corrected chi connectivity index (χ2v) is 8.15. The first kappa shape index (κ1) is 20.4. The van der Waals surface area contributed by atoms with E-state index in [-0.39, 0.29) is 30.6 Å². The third-order valence-electron chi connectivity index (χ3n) is 6.10. The van der Waals surface area contributed by atoms with Gasteiger partial charge in [0, 0.05) is 50.9 Å². The van der Waals surface area contributed by atoms with Crippen molar-refractivity contribution in [1.29, 1.82) is 0 Å². The third-order valence-corrected chi connectivity index (χ3v) is 6.10. The van der Waals surface area contributed by atoms with Crippen LogP contribution < -0.4 is 10.2 Å². The Labute approximate surface area is 184 Å². The fourth-order valence-electron chi connectivity index (χ4n) is 4.40. The molecule has 2 saturated heterocycles. The lowest BCUT2D eigenvalue weighted by Crippen LogP contribution is -2.56. The van der Waals surface area contributed by atoms with Gasteiger partial charge in [0.1, 0.15) is 0 Å². The fourth-order valence-corrected chi connectivity index (χ4v) is 4.40. The molecule has 1 aromatic heterocycles. The van der Waals surface area contributed by atoms with E-state index in [1.807, 2.05) is 23.1 Å². The predicted octanol–water partition coefficient (Wildman–Crippen LogP) is 1.36. The Bertz CT molecular complexity index is 1090. The van der Waals surface area contributed by atoms with E-state index in [0.717, 1.165) is 24.2 Å². The van der Waals surface area contributed by atoms with E-state index in [1.54, 1.807) is 12.3 Å². The van der Waals surface area contributed by atoms with Crippen LogP contribution in [0.3, 0.4) is 0 Å². The molecule has 166 valence electrons. The van der Waals surface area contributed by atoms with E-state index < -0.39 is 6.03 Å². The Morgan fingerprint density at radius 1 is 1.00 bits per heavy atom. The highest BCUT2D eigenvalue weighted by atomic mass is 19.1. The summed E-state index contributed by atoms with van der Waals surface area (Å²) in [5.74, 6) is -0.487. The Hall–Kier alpha value is -3.53. The number of fused-ring (bicyclic) bond motifs is 1. The summed E-state index contributed by atoms with van der Waals surface area (Å²) in [5, 5.41) is 4.96. The first-order chi connectivity index (χ1) is 15.5. The average molecular weight is 438 g/mol. The lowest BCUT2D eigenvalue weighted by atomic mass is 10.1. The molecule has 1 N–H and O–H groups in total. The van der Waals surface area contributed by atoms with Crippen molar-refractivity contribution < 1.29 is 18.8 Å². The van der Waals surface area contributed by atoms with Crippen LogP contribution in [0, 0.1) is 5.82 Å². The smallest absolute Gasteiger partial charge is 0.342 e. The largest absolute Gasteiger partial charge is 0.352 e. The molecule has 0 radical (unpaired) electrons. The fraction of sp³-hybridized carbons (Fsp3) is 0.364. The number of nitrogens with one attached hydrogen (secondary N) is 1. The van der Waals surface area contributed by atoms with Crippen molar-refractivity contribution in [2.45, 2.75) is 19.5 Å². The summed E-state index contributed by atoms with van der Waals surface area (Å²) < 4.78 is 14.0. The van der Waals surface area contributed by atoms with Crippen LogP contribution in [0.4, 0.5) is 15.0 Å². The Kier molecular flexibility index (Phi) is 5.22. The molecule has 1 aromatic carbocycles. The number of hydrazine groups is 1. The summed E-state index contributed by atoms with van der Waals surface area (Å²) >= 11 is 0. The van der Waals surface area contributed by atoms with E-state index in [2.05, 4.69) is 15.2 Å². The summed E-state index contributed by atoms with van der Waals surface area (Å²) in [6, 6.07) is 8.25. The molecule has 4 heterocycles. The number of piperazine rings is 1. The van der Waals surface area contributed by atoms with Crippen LogP contribution in [0.5, 0.6) is 0 Å². The molecule has 3 aliphatic rings. The molecule has 4 amide bonds. The van der Waals surface area contributed by atoms with E-state index in [0.29, 0.717) is 37.6 Å². The molecule has 10 heteroatoms. The first-order valence-electron chi connectivity index (χ1n) is 10.6. The number of imide groups is 1. The first-order valence-corrected chi connectivity index (χ1v) is 10.6. The number of amides is 4. The average Bonchev–Trinajstić information content (AvgIpc) is 3.11. The molecule has 3 aliphatic heterocycles. The molecular weight excluding hydrogens is 415 g/mol. The number of hydrogen-bond acceptors (Lipinski definition) is 6. The molecule has 2 aromatic rings. The zero-order chi connectivity index (χ0) is 22.2. The number of rotatable bonds is 4. The molecule has 2 fully saturated rings. The molecule has 0 aliphatic carbocycles. The van der Waals surface area contributed by atoms with Gasteiger partial charge in [0.25, 0.3) is 5.91 Å². The number of aromatic nitrogens is 1. The minimum absolute atomic E-state index is 0.172. The van der Waals surface area contributed by atoms with Crippen molar-refractivity contribution in [3.8, 4) is 0 Å². The number of benzene rings is 1. The van der Waals surface area contributed by atoms with Gasteiger partial charge in [0.2, 0.25) is 5.91 Å². The highest BCUT2D eigenvalue weighted by Gasteiger charge is 2.37. The van der Waals surface area contributed by atoms with Crippen molar-refractivity contribution in [3.05, 3.63) is 59.0 Å². The van der Waals surface area contributed by atoms with Gasteiger partial charge < -0.3 is 4.90 Å². The summed E-state index contributed by atoms with van der Waals surface area (Å²) in [6.45, 7) is 4.05. The maximum Gasteiger partial charge on any atom is 0.342 e. The summed E-state index contributed by atoms with van der Waals surface area (Å²) in [5.41, 5.74) is 2.45. The maximum absolute atomic E-state index is 14.0. The van der Waals surface area contributed by atoms with E-state index in [1.165, 1.54) is 16.1 Å². The Morgan fingerprint density at radius 2 is 1.81 bits per heavy atom. The number of anilines is 1. The van der Waals surface area contributed by atoms with Gasteiger partial charge in [-0.2, -0.15) is 0 Å². The second kappa shape index (κ2) is 8.19. The van der Waals surface area contributed by atoms with Crippen LogP contribution >= 0.6 is 0 Å². The number of hydrogen-bond donors (Lipinski definition) is 1. The van der Waals surface area contributed by atoms with Crippen molar-refractivity contribution in [2.24, 2.45) is 0 Å². The standard InChI is InChI=1S/C22H23FN6O3/c23-18-2-1-6-24-20(18)27-10-8-26(9-11-27)13-15-3-4-16-14-29(21(31)17(16)12-15)28-7-5-19(30)25-22(28)32/h1-4,6,12H,5,7-11,13-14H2,(H,25,30,32). The van der Waals surface area contributed by atoms with Crippen molar-refractivity contribution >= 4 is 23.7 Å². The van der Waals surface area contributed by atoms with Crippen LogP contribution in [0.1, 0.15) is 27.9 Å². The van der Waals surface area contributed by atoms with Gasteiger partial charge in [-0.3, -0.25) is 19.8 Å². The SMILES string of the molecule is O=C1CCN(N2Cc3ccc(CN4CCN(c5ncccc5F)CC4)cc3C2=O)C(=O)N1.